The second-order valence-corrected chi connectivity index (χ2v) is 10.9. The van der Waals surface area contributed by atoms with Crippen LogP contribution in [0.1, 0.15) is 16.7 Å². The quantitative estimate of drug-likeness (QED) is 0.447. The predicted molar refractivity (Wildman–Crippen MR) is 141 cm³/mol. The fourth-order valence-corrected chi connectivity index (χ4v) is 5.80. The molecule has 0 aromatic heterocycles. The molecule has 3 aromatic carbocycles. The standard InChI is InChI=1S/C28H29N3O5S/c32-28(30-15-17-35-18-16-30)21-36-26-9-5-22(6-10-26)19-29-25-7-11-27(12-8-25)37(33,34)31-14-13-23-3-1-2-4-24(23)20-31/h1-12,19H,13-18,20-21H2. The van der Waals surface area contributed by atoms with Gasteiger partial charge in [-0.15, -0.1) is 0 Å². The number of amides is 1. The van der Waals surface area contributed by atoms with E-state index in [4.69, 9.17) is 9.47 Å². The Morgan fingerprint density at radius 1 is 0.919 bits per heavy atom. The number of aliphatic imine (C=N–C) groups is 1. The number of ether oxygens (including phenoxy) is 2. The number of rotatable bonds is 7. The highest BCUT2D eigenvalue weighted by Gasteiger charge is 2.28. The van der Waals surface area contributed by atoms with Crippen LogP contribution in [0.2, 0.25) is 0 Å². The molecule has 5 rings (SSSR count). The number of sulfonamides is 1. The van der Waals surface area contributed by atoms with E-state index in [1.807, 2.05) is 30.3 Å². The second-order valence-electron chi connectivity index (χ2n) is 8.96. The summed E-state index contributed by atoms with van der Waals surface area (Å²) in [6.07, 6.45) is 2.42. The maximum Gasteiger partial charge on any atom is 0.260 e. The second kappa shape index (κ2) is 11.2. The summed E-state index contributed by atoms with van der Waals surface area (Å²) in [6.45, 7) is 3.17. The maximum absolute atomic E-state index is 13.2. The number of fused-ring (bicyclic) bond motifs is 1. The van der Waals surface area contributed by atoms with Crippen molar-refractivity contribution in [3.05, 3.63) is 89.5 Å². The topological polar surface area (TPSA) is 88.5 Å². The van der Waals surface area contributed by atoms with Gasteiger partial charge in [0.15, 0.2) is 6.61 Å². The van der Waals surface area contributed by atoms with Crippen molar-refractivity contribution in [2.24, 2.45) is 4.99 Å². The first-order chi connectivity index (χ1) is 18.0. The molecule has 0 saturated carbocycles. The maximum atomic E-state index is 13.2. The zero-order chi connectivity index (χ0) is 25.7. The number of hydrogen-bond donors (Lipinski definition) is 0. The average molecular weight is 520 g/mol. The van der Waals surface area contributed by atoms with Crippen molar-refractivity contribution in [2.45, 2.75) is 17.9 Å². The summed E-state index contributed by atoms with van der Waals surface area (Å²) in [5.74, 6) is 0.554. The van der Waals surface area contributed by atoms with Crippen LogP contribution in [0, 0.1) is 0 Å². The van der Waals surface area contributed by atoms with Gasteiger partial charge in [0, 0.05) is 32.4 Å². The summed E-state index contributed by atoms with van der Waals surface area (Å²) in [5.41, 5.74) is 3.77. The summed E-state index contributed by atoms with van der Waals surface area (Å²) >= 11 is 0. The molecule has 192 valence electrons. The third kappa shape index (κ3) is 6.07. The molecule has 8 nitrogen and oxygen atoms in total. The molecule has 0 spiro atoms. The third-order valence-electron chi connectivity index (χ3n) is 6.54. The molecule has 1 amide bonds. The lowest BCUT2D eigenvalue weighted by molar-refractivity contribution is -0.137. The molecule has 0 unspecified atom stereocenters. The van der Waals surface area contributed by atoms with Gasteiger partial charge in [-0.3, -0.25) is 9.79 Å². The Morgan fingerprint density at radius 3 is 2.35 bits per heavy atom. The van der Waals surface area contributed by atoms with Crippen LogP contribution in [0.5, 0.6) is 5.75 Å². The molecule has 1 fully saturated rings. The van der Waals surface area contributed by atoms with Crippen molar-refractivity contribution in [1.29, 1.82) is 0 Å². The van der Waals surface area contributed by atoms with Crippen LogP contribution in [0.4, 0.5) is 5.69 Å². The van der Waals surface area contributed by atoms with Crippen molar-refractivity contribution in [1.82, 2.24) is 9.21 Å². The molecule has 0 aliphatic carbocycles. The molecule has 2 aliphatic heterocycles. The van der Waals surface area contributed by atoms with E-state index in [0.717, 1.165) is 11.1 Å². The van der Waals surface area contributed by atoms with Crippen LogP contribution < -0.4 is 4.74 Å². The number of carbonyl (C=O) groups is 1. The van der Waals surface area contributed by atoms with Crippen molar-refractivity contribution < 1.29 is 22.7 Å². The van der Waals surface area contributed by atoms with Crippen LogP contribution >= 0.6 is 0 Å². The first-order valence-electron chi connectivity index (χ1n) is 12.3. The first kappa shape index (κ1) is 25.1. The van der Waals surface area contributed by atoms with E-state index in [9.17, 15) is 13.2 Å². The van der Waals surface area contributed by atoms with Gasteiger partial charge in [0.25, 0.3) is 5.91 Å². The molecule has 37 heavy (non-hydrogen) atoms. The van der Waals surface area contributed by atoms with Gasteiger partial charge >= 0.3 is 0 Å². The molecule has 9 heteroatoms. The minimum absolute atomic E-state index is 0.00731. The third-order valence-corrected chi connectivity index (χ3v) is 8.40. The molecule has 2 heterocycles. The average Bonchev–Trinajstić information content (AvgIpc) is 2.95. The molecule has 0 radical (unpaired) electrons. The summed E-state index contributed by atoms with van der Waals surface area (Å²) in [7, 11) is -3.58. The van der Waals surface area contributed by atoms with Crippen molar-refractivity contribution >= 4 is 27.8 Å². The van der Waals surface area contributed by atoms with E-state index in [1.54, 1.807) is 47.5 Å². The zero-order valence-electron chi connectivity index (χ0n) is 20.5. The fourth-order valence-electron chi connectivity index (χ4n) is 4.38. The highest BCUT2D eigenvalue weighted by atomic mass is 32.2. The van der Waals surface area contributed by atoms with Crippen LogP contribution in [0.25, 0.3) is 0 Å². The summed E-state index contributed by atoms with van der Waals surface area (Å²) < 4.78 is 38.7. The van der Waals surface area contributed by atoms with Crippen molar-refractivity contribution in [3.63, 3.8) is 0 Å². The molecule has 2 aliphatic rings. The lowest BCUT2D eigenvalue weighted by Gasteiger charge is -2.28. The highest BCUT2D eigenvalue weighted by molar-refractivity contribution is 7.89. The molecular weight excluding hydrogens is 490 g/mol. The summed E-state index contributed by atoms with van der Waals surface area (Å²) in [6, 6.07) is 21.9. The molecule has 0 N–H and O–H groups in total. The summed E-state index contributed by atoms with van der Waals surface area (Å²) in [5, 5.41) is 0. The van der Waals surface area contributed by atoms with Crippen molar-refractivity contribution in [3.8, 4) is 5.75 Å². The van der Waals surface area contributed by atoms with Gasteiger partial charge in [-0.2, -0.15) is 4.31 Å². The summed E-state index contributed by atoms with van der Waals surface area (Å²) in [4.78, 5) is 18.7. The van der Waals surface area contributed by atoms with Crippen LogP contribution in [-0.2, 0) is 32.5 Å². The van der Waals surface area contributed by atoms with E-state index < -0.39 is 10.0 Å². The van der Waals surface area contributed by atoms with Crippen LogP contribution in [-0.4, -0.2) is 69.2 Å². The smallest absolute Gasteiger partial charge is 0.260 e. The molecular formula is C28H29N3O5S. The van der Waals surface area contributed by atoms with Gasteiger partial charge < -0.3 is 14.4 Å². The Bertz CT molecular complexity index is 1370. The van der Waals surface area contributed by atoms with Gasteiger partial charge in [-0.25, -0.2) is 8.42 Å². The Kier molecular flexibility index (Phi) is 7.64. The zero-order valence-corrected chi connectivity index (χ0v) is 21.3. The molecule has 3 aromatic rings. The minimum atomic E-state index is -3.58. The fraction of sp³-hybridized carbons (Fsp3) is 0.286. The SMILES string of the molecule is O=C(COc1ccc(C=Nc2ccc(S(=O)(=O)N3CCc4ccccc4C3)cc2)cc1)N1CCOCC1. The molecule has 1 saturated heterocycles. The predicted octanol–water partition coefficient (Wildman–Crippen LogP) is 3.42. The number of hydrogen-bond acceptors (Lipinski definition) is 6. The molecule has 0 atom stereocenters. The number of carbonyl (C=O) groups excluding carboxylic acids is 1. The largest absolute Gasteiger partial charge is 0.484 e. The van der Waals surface area contributed by atoms with Gasteiger partial charge in [-0.05, 0) is 71.6 Å². The van der Waals surface area contributed by atoms with E-state index >= 15 is 0 Å². The monoisotopic (exact) mass is 519 g/mol. The van der Waals surface area contributed by atoms with Crippen LogP contribution in [0.3, 0.4) is 0 Å². The highest BCUT2D eigenvalue weighted by Crippen LogP contribution is 2.26. The Hall–Kier alpha value is -3.53. The van der Waals surface area contributed by atoms with Crippen LogP contribution in [0.15, 0.2) is 82.7 Å². The first-order valence-corrected chi connectivity index (χ1v) is 13.7. The van der Waals surface area contributed by atoms with Crippen molar-refractivity contribution in [2.75, 3.05) is 39.5 Å². The van der Waals surface area contributed by atoms with Gasteiger partial charge in [0.05, 0.1) is 23.8 Å². The Balaban J connectivity index is 1.16. The normalized spacial score (nSPS) is 16.5. The number of morpholine rings is 1. The number of benzene rings is 3. The van der Waals surface area contributed by atoms with E-state index in [1.165, 1.54) is 9.87 Å². The Morgan fingerprint density at radius 2 is 1.62 bits per heavy atom. The van der Waals surface area contributed by atoms with E-state index in [0.29, 0.717) is 57.3 Å². The lowest BCUT2D eigenvalue weighted by atomic mass is 10.0. The Labute approximate surface area is 217 Å². The van der Waals surface area contributed by atoms with E-state index in [-0.39, 0.29) is 17.4 Å². The molecule has 0 bridgehead atoms. The van der Waals surface area contributed by atoms with Gasteiger partial charge in [0.1, 0.15) is 5.75 Å². The minimum Gasteiger partial charge on any atom is -0.484 e. The lowest BCUT2D eigenvalue weighted by Crippen LogP contribution is -2.42. The van der Waals surface area contributed by atoms with Gasteiger partial charge in [0.2, 0.25) is 10.0 Å². The van der Waals surface area contributed by atoms with Gasteiger partial charge in [-0.1, -0.05) is 24.3 Å². The van der Waals surface area contributed by atoms with E-state index in [2.05, 4.69) is 11.1 Å². The number of nitrogens with zero attached hydrogens (tertiary/aromatic N) is 3.